The van der Waals surface area contributed by atoms with E-state index in [4.69, 9.17) is 0 Å². The smallest absolute Gasteiger partial charge is 0.239 e. The van der Waals surface area contributed by atoms with Crippen molar-refractivity contribution in [3.8, 4) is 0 Å². The molecule has 2 heterocycles. The van der Waals surface area contributed by atoms with E-state index in [0.717, 1.165) is 45.3 Å². The summed E-state index contributed by atoms with van der Waals surface area (Å²) in [5.41, 5.74) is 0. The number of rotatable bonds is 3. The molecule has 2 saturated heterocycles. The van der Waals surface area contributed by atoms with Gasteiger partial charge in [0.2, 0.25) is 5.91 Å². The molecule has 0 aromatic carbocycles. The minimum absolute atomic E-state index is 0.0112. The van der Waals surface area contributed by atoms with Gasteiger partial charge in [0.1, 0.15) is 0 Å². The van der Waals surface area contributed by atoms with Gasteiger partial charge in [0.05, 0.1) is 12.6 Å². The minimum atomic E-state index is -0.0935. The van der Waals surface area contributed by atoms with Gasteiger partial charge >= 0.3 is 0 Å². The average Bonchev–Trinajstić information content (AvgIpc) is 2.87. The maximum absolute atomic E-state index is 12.1. The maximum atomic E-state index is 12.1. The molecule has 0 bridgehead atoms. The third-order valence-corrected chi connectivity index (χ3v) is 3.44. The van der Waals surface area contributed by atoms with Gasteiger partial charge in [-0.2, -0.15) is 0 Å². The van der Waals surface area contributed by atoms with Crippen molar-refractivity contribution in [2.45, 2.75) is 31.7 Å². The lowest BCUT2D eigenvalue weighted by Gasteiger charge is -2.26. The quantitative estimate of drug-likeness (QED) is 0.682. The molecule has 0 spiro atoms. The Kier molecular flexibility index (Phi) is 3.59. The van der Waals surface area contributed by atoms with Crippen molar-refractivity contribution >= 4 is 5.91 Å². The Morgan fingerprint density at radius 3 is 2.53 bits per heavy atom. The van der Waals surface area contributed by atoms with Crippen molar-refractivity contribution < 1.29 is 9.90 Å². The zero-order valence-electron chi connectivity index (χ0n) is 9.15. The molecule has 2 aliphatic heterocycles. The largest absolute Gasteiger partial charge is 0.341 e. The van der Waals surface area contributed by atoms with Crippen LogP contribution in [0.5, 0.6) is 0 Å². The van der Waals surface area contributed by atoms with Gasteiger partial charge < -0.3 is 4.90 Å². The molecule has 15 heavy (non-hydrogen) atoms. The monoisotopic (exact) mass is 211 g/mol. The summed E-state index contributed by atoms with van der Waals surface area (Å²) in [7, 11) is 0. The highest BCUT2D eigenvalue weighted by Crippen LogP contribution is 2.20. The summed E-state index contributed by atoms with van der Waals surface area (Å²) in [4.78, 5) is 16.1. The molecule has 4 heteroatoms. The van der Waals surface area contributed by atoms with Crippen molar-refractivity contribution in [3.05, 3.63) is 0 Å². The van der Waals surface area contributed by atoms with Crippen LogP contribution in [0.25, 0.3) is 0 Å². The van der Waals surface area contributed by atoms with Crippen LogP contribution in [-0.4, -0.2) is 54.5 Å². The highest BCUT2D eigenvalue weighted by Gasteiger charge is 2.33. The van der Waals surface area contributed by atoms with Gasteiger partial charge in [-0.15, -0.1) is 0 Å². The zero-order valence-corrected chi connectivity index (χ0v) is 9.15. The maximum Gasteiger partial charge on any atom is 0.239 e. The summed E-state index contributed by atoms with van der Waals surface area (Å²) in [6, 6.07) is 0.0112. The summed E-state index contributed by atoms with van der Waals surface area (Å²) in [6.45, 7) is 3.20. The second kappa shape index (κ2) is 4.94. The lowest BCUT2D eigenvalue weighted by atomic mass is 10.2. The first-order valence-electron chi connectivity index (χ1n) is 5.94. The fraction of sp³-hybridized carbons (Fsp3) is 0.909. The van der Waals surface area contributed by atoms with Gasteiger partial charge in [-0.05, 0) is 32.2 Å². The molecule has 0 aromatic heterocycles. The predicted molar refractivity (Wildman–Crippen MR) is 56.0 cm³/mol. The molecule has 0 N–H and O–H groups in total. The van der Waals surface area contributed by atoms with Crippen LogP contribution in [-0.2, 0) is 9.90 Å². The van der Waals surface area contributed by atoms with E-state index in [1.807, 2.05) is 4.90 Å². The Balaban J connectivity index is 1.92. The molecule has 2 aliphatic rings. The van der Waals surface area contributed by atoms with Crippen molar-refractivity contribution in [1.29, 1.82) is 0 Å². The summed E-state index contributed by atoms with van der Waals surface area (Å²) < 4.78 is 0. The lowest BCUT2D eigenvalue weighted by molar-refractivity contribution is -0.135. The molecule has 2 rings (SSSR count). The highest BCUT2D eigenvalue weighted by molar-refractivity contribution is 5.82. The van der Waals surface area contributed by atoms with Crippen LogP contribution in [0.3, 0.4) is 0 Å². The minimum Gasteiger partial charge on any atom is -0.341 e. The van der Waals surface area contributed by atoms with E-state index in [-0.39, 0.29) is 18.6 Å². The molecular weight excluding hydrogens is 192 g/mol. The lowest BCUT2D eigenvalue weighted by Crippen LogP contribution is -2.45. The van der Waals surface area contributed by atoms with E-state index in [2.05, 4.69) is 4.90 Å². The predicted octanol–water partition coefficient (Wildman–Crippen LogP) is 0.504. The number of carbonyl (C=O) groups is 1. The van der Waals surface area contributed by atoms with Crippen LogP contribution in [0.15, 0.2) is 0 Å². The molecule has 85 valence electrons. The fourth-order valence-corrected chi connectivity index (χ4v) is 2.64. The standard InChI is InChI=1S/C11H19N2O2/c14-9-8-12-7-3-4-10(12)11(15)13-5-1-2-6-13/h10H,1-9H2. The van der Waals surface area contributed by atoms with Gasteiger partial charge in [0.25, 0.3) is 0 Å². The molecule has 0 saturated carbocycles. The molecule has 4 nitrogen and oxygen atoms in total. The Bertz CT molecular complexity index is 227. The molecule has 1 amide bonds. The Hall–Kier alpha value is -0.610. The number of nitrogens with zero attached hydrogens (tertiary/aromatic N) is 2. The van der Waals surface area contributed by atoms with E-state index in [0.29, 0.717) is 6.54 Å². The van der Waals surface area contributed by atoms with Gasteiger partial charge in [0.15, 0.2) is 0 Å². The summed E-state index contributed by atoms with van der Waals surface area (Å²) in [6.07, 6.45) is 4.28. The third-order valence-electron chi connectivity index (χ3n) is 3.44. The molecule has 1 unspecified atom stereocenters. The van der Waals surface area contributed by atoms with Crippen LogP contribution in [0.4, 0.5) is 0 Å². The van der Waals surface area contributed by atoms with Crippen LogP contribution in [0, 0.1) is 0 Å². The van der Waals surface area contributed by atoms with E-state index in [9.17, 15) is 9.90 Å². The van der Waals surface area contributed by atoms with Crippen LogP contribution in [0.2, 0.25) is 0 Å². The number of likely N-dealkylation sites (tertiary alicyclic amines) is 2. The van der Waals surface area contributed by atoms with Gasteiger partial charge in [-0.25, -0.2) is 5.11 Å². The molecular formula is C11H19N2O2. The SMILES string of the molecule is [O]CCN1CCCC1C(=O)N1CCCC1. The fourth-order valence-electron chi connectivity index (χ4n) is 2.64. The first kappa shape index (κ1) is 10.9. The number of carbonyl (C=O) groups excluding carboxylic acids is 1. The molecule has 0 aromatic rings. The van der Waals surface area contributed by atoms with E-state index < -0.39 is 0 Å². The first-order chi connectivity index (χ1) is 7.33. The van der Waals surface area contributed by atoms with Gasteiger partial charge in [-0.3, -0.25) is 9.69 Å². The molecule has 1 atom stereocenters. The summed E-state index contributed by atoms with van der Waals surface area (Å²) in [5.74, 6) is 0.262. The van der Waals surface area contributed by atoms with E-state index >= 15 is 0 Å². The van der Waals surface area contributed by atoms with Crippen LogP contribution in [0.1, 0.15) is 25.7 Å². The Labute approximate surface area is 90.9 Å². The molecule has 2 fully saturated rings. The van der Waals surface area contributed by atoms with Crippen molar-refractivity contribution in [2.75, 3.05) is 32.8 Å². The van der Waals surface area contributed by atoms with Gasteiger partial charge in [0, 0.05) is 19.6 Å². The number of hydrogen-bond acceptors (Lipinski definition) is 2. The van der Waals surface area contributed by atoms with E-state index in [1.165, 1.54) is 0 Å². The molecule has 0 aliphatic carbocycles. The Morgan fingerprint density at radius 2 is 1.87 bits per heavy atom. The summed E-state index contributed by atoms with van der Waals surface area (Å²) in [5, 5.41) is 10.6. The second-order valence-electron chi connectivity index (χ2n) is 4.43. The third kappa shape index (κ3) is 2.32. The second-order valence-corrected chi connectivity index (χ2v) is 4.43. The Morgan fingerprint density at radius 1 is 1.13 bits per heavy atom. The molecule has 1 radical (unpaired) electrons. The average molecular weight is 211 g/mol. The van der Waals surface area contributed by atoms with Crippen molar-refractivity contribution in [2.24, 2.45) is 0 Å². The van der Waals surface area contributed by atoms with Crippen molar-refractivity contribution in [3.63, 3.8) is 0 Å². The topological polar surface area (TPSA) is 43.5 Å². The van der Waals surface area contributed by atoms with E-state index in [1.54, 1.807) is 0 Å². The van der Waals surface area contributed by atoms with Crippen molar-refractivity contribution in [1.82, 2.24) is 9.80 Å². The zero-order chi connectivity index (χ0) is 10.7. The van der Waals surface area contributed by atoms with Gasteiger partial charge in [-0.1, -0.05) is 0 Å². The number of amides is 1. The number of hydrogen-bond donors (Lipinski definition) is 0. The normalized spacial score (nSPS) is 27.5. The highest BCUT2D eigenvalue weighted by atomic mass is 16.3. The van der Waals surface area contributed by atoms with Crippen LogP contribution < -0.4 is 0 Å². The first-order valence-corrected chi connectivity index (χ1v) is 5.94. The summed E-state index contributed by atoms with van der Waals surface area (Å²) >= 11 is 0. The van der Waals surface area contributed by atoms with Crippen LogP contribution >= 0.6 is 0 Å².